The number of hydrogen-bond donors (Lipinski definition) is 3. The van der Waals surface area contributed by atoms with Crippen molar-refractivity contribution in [1.29, 1.82) is 0 Å². The van der Waals surface area contributed by atoms with Gasteiger partial charge in [-0.15, -0.1) is 5.10 Å². The van der Waals surface area contributed by atoms with Crippen LogP contribution in [0.15, 0.2) is 30.9 Å². The molecule has 0 radical (unpaired) electrons. The van der Waals surface area contributed by atoms with Crippen LogP contribution in [0, 0.1) is 0 Å². The molecular formula is C17H18ClN7O2. The Bertz CT molecular complexity index is 985. The van der Waals surface area contributed by atoms with Gasteiger partial charge in [0.15, 0.2) is 11.5 Å². The van der Waals surface area contributed by atoms with E-state index in [-0.39, 0.29) is 17.5 Å². The number of halogens is 1. The van der Waals surface area contributed by atoms with Crippen molar-refractivity contribution in [2.45, 2.75) is 18.9 Å². The molecule has 9 nitrogen and oxygen atoms in total. The number of carbonyl (C=O) groups excluding carboxylic acids is 1. The third-order valence-electron chi connectivity index (χ3n) is 4.27. The van der Waals surface area contributed by atoms with Gasteiger partial charge in [-0.25, -0.2) is 9.50 Å². The number of amides is 1. The Morgan fingerprint density at radius 2 is 2.33 bits per heavy atom. The van der Waals surface area contributed by atoms with E-state index in [1.165, 1.54) is 23.1 Å². The Kier molecular flexibility index (Phi) is 4.78. The number of nitrogen functional groups attached to an aromatic ring is 1. The van der Waals surface area contributed by atoms with Crippen LogP contribution in [0.25, 0.3) is 5.65 Å². The van der Waals surface area contributed by atoms with E-state index >= 15 is 0 Å². The highest BCUT2D eigenvalue weighted by Gasteiger charge is 2.22. The number of piperidine rings is 1. The molecule has 140 valence electrons. The maximum Gasteiger partial charge on any atom is 0.263 e. The Labute approximate surface area is 159 Å². The summed E-state index contributed by atoms with van der Waals surface area (Å²) in [6.07, 6.45) is 8.17. The lowest BCUT2D eigenvalue weighted by atomic mass is 10.1. The summed E-state index contributed by atoms with van der Waals surface area (Å²) in [6, 6.07) is 1.72. The summed E-state index contributed by atoms with van der Waals surface area (Å²) >= 11 is 5.91. The average molecular weight is 388 g/mol. The standard InChI is InChI=1S/C17H18ClN7O2/c18-10-6-22-16-14(15(19)24-25(16)9-10)17(26)23-12-8-21-5-3-13(12)27-11-2-1-4-20-7-11/h3,5-6,8-9,11,20H,1-2,4,7H2,(H2,19,24)(H,23,26)/t11-/m1/s1. The van der Waals surface area contributed by atoms with Gasteiger partial charge >= 0.3 is 0 Å². The van der Waals surface area contributed by atoms with Crippen molar-refractivity contribution in [3.63, 3.8) is 0 Å². The van der Waals surface area contributed by atoms with Gasteiger partial charge in [0.25, 0.3) is 5.91 Å². The third-order valence-corrected chi connectivity index (χ3v) is 4.46. The molecule has 3 aromatic rings. The first-order chi connectivity index (χ1) is 13.1. The van der Waals surface area contributed by atoms with Crippen LogP contribution in [0.5, 0.6) is 5.75 Å². The van der Waals surface area contributed by atoms with Gasteiger partial charge < -0.3 is 21.1 Å². The van der Waals surface area contributed by atoms with E-state index in [0.717, 1.165) is 25.9 Å². The fraction of sp³-hybridized carbons (Fsp3) is 0.294. The van der Waals surface area contributed by atoms with Gasteiger partial charge in [0, 0.05) is 25.0 Å². The van der Waals surface area contributed by atoms with Crippen LogP contribution < -0.4 is 21.1 Å². The predicted molar refractivity (Wildman–Crippen MR) is 101 cm³/mol. The Balaban J connectivity index is 1.59. The van der Waals surface area contributed by atoms with Gasteiger partial charge in [0.05, 0.1) is 17.4 Å². The largest absolute Gasteiger partial charge is 0.487 e. The number of aromatic nitrogens is 4. The van der Waals surface area contributed by atoms with Crippen molar-refractivity contribution in [3.05, 3.63) is 41.4 Å². The number of anilines is 2. The maximum atomic E-state index is 12.8. The molecule has 3 aromatic heterocycles. The molecule has 1 saturated heterocycles. The molecule has 4 heterocycles. The molecule has 0 saturated carbocycles. The minimum Gasteiger partial charge on any atom is -0.487 e. The van der Waals surface area contributed by atoms with Crippen molar-refractivity contribution in [2.24, 2.45) is 0 Å². The number of carbonyl (C=O) groups is 1. The molecule has 1 atom stereocenters. The summed E-state index contributed by atoms with van der Waals surface area (Å²) in [5, 5.41) is 10.6. The first-order valence-electron chi connectivity index (χ1n) is 8.54. The second kappa shape index (κ2) is 7.37. The highest BCUT2D eigenvalue weighted by molar-refractivity contribution is 6.30. The van der Waals surface area contributed by atoms with Crippen LogP contribution in [0.4, 0.5) is 11.5 Å². The number of pyridine rings is 1. The normalized spacial score (nSPS) is 17.0. The number of nitrogens with one attached hydrogen (secondary N) is 2. The number of rotatable bonds is 4. The monoisotopic (exact) mass is 387 g/mol. The molecule has 0 aliphatic carbocycles. The van der Waals surface area contributed by atoms with E-state index < -0.39 is 5.91 Å². The third kappa shape index (κ3) is 3.64. The van der Waals surface area contributed by atoms with Crippen LogP contribution in [-0.2, 0) is 0 Å². The van der Waals surface area contributed by atoms with Crippen molar-refractivity contribution >= 4 is 34.7 Å². The summed E-state index contributed by atoms with van der Waals surface area (Å²) in [4.78, 5) is 21.1. The van der Waals surface area contributed by atoms with Crippen molar-refractivity contribution in [1.82, 2.24) is 24.9 Å². The summed E-state index contributed by atoms with van der Waals surface area (Å²) in [6.45, 7) is 1.76. The lowest BCUT2D eigenvalue weighted by Gasteiger charge is -2.24. The Morgan fingerprint density at radius 1 is 1.44 bits per heavy atom. The van der Waals surface area contributed by atoms with Gasteiger partial charge in [-0.05, 0) is 19.4 Å². The molecule has 1 aliphatic heterocycles. The number of ether oxygens (including phenoxy) is 1. The van der Waals surface area contributed by atoms with Gasteiger partial charge in [-0.1, -0.05) is 11.6 Å². The molecule has 10 heteroatoms. The quantitative estimate of drug-likeness (QED) is 0.623. The fourth-order valence-corrected chi connectivity index (χ4v) is 3.15. The van der Waals surface area contributed by atoms with E-state index in [4.69, 9.17) is 22.1 Å². The zero-order chi connectivity index (χ0) is 18.8. The number of nitrogens with zero attached hydrogens (tertiary/aromatic N) is 4. The minimum absolute atomic E-state index is 0.0441. The van der Waals surface area contributed by atoms with E-state index in [1.807, 2.05) is 0 Å². The molecule has 0 aromatic carbocycles. The van der Waals surface area contributed by atoms with Crippen LogP contribution in [0.3, 0.4) is 0 Å². The van der Waals surface area contributed by atoms with Crippen molar-refractivity contribution in [2.75, 3.05) is 24.1 Å². The first kappa shape index (κ1) is 17.5. The van der Waals surface area contributed by atoms with Crippen molar-refractivity contribution in [3.8, 4) is 5.75 Å². The molecule has 1 fully saturated rings. The number of hydrogen-bond acceptors (Lipinski definition) is 7. The van der Waals surface area contributed by atoms with E-state index in [0.29, 0.717) is 22.1 Å². The van der Waals surface area contributed by atoms with Gasteiger partial charge in [0.2, 0.25) is 0 Å². The number of fused-ring (bicyclic) bond motifs is 1. The van der Waals surface area contributed by atoms with Gasteiger partial charge in [-0.2, -0.15) is 0 Å². The van der Waals surface area contributed by atoms with Crippen molar-refractivity contribution < 1.29 is 9.53 Å². The summed E-state index contributed by atoms with van der Waals surface area (Å²) in [5.41, 5.74) is 6.86. The molecule has 0 unspecified atom stereocenters. The SMILES string of the molecule is Nc1nn2cc(Cl)cnc2c1C(=O)Nc1cnccc1O[C@@H]1CCCNC1. The van der Waals surface area contributed by atoms with E-state index in [1.54, 1.807) is 12.3 Å². The topological polar surface area (TPSA) is 119 Å². The molecule has 4 rings (SSSR count). The van der Waals surface area contributed by atoms with Crippen LogP contribution in [-0.4, -0.2) is 44.7 Å². The number of nitrogens with two attached hydrogens (primary N) is 1. The lowest BCUT2D eigenvalue weighted by molar-refractivity contribution is 0.102. The molecule has 1 aliphatic rings. The molecule has 4 N–H and O–H groups in total. The van der Waals surface area contributed by atoms with Gasteiger partial charge in [0.1, 0.15) is 23.1 Å². The van der Waals surface area contributed by atoms with Crippen LogP contribution >= 0.6 is 11.6 Å². The molecule has 0 bridgehead atoms. The van der Waals surface area contributed by atoms with Crippen LogP contribution in [0.2, 0.25) is 5.02 Å². The van der Waals surface area contributed by atoms with Crippen LogP contribution in [0.1, 0.15) is 23.2 Å². The first-order valence-corrected chi connectivity index (χ1v) is 8.91. The average Bonchev–Trinajstić information content (AvgIpc) is 2.99. The maximum absolute atomic E-state index is 12.8. The zero-order valence-electron chi connectivity index (χ0n) is 14.4. The molecule has 27 heavy (non-hydrogen) atoms. The molecular weight excluding hydrogens is 370 g/mol. The Morgan fingerprint density at radius 3 is 3.15 bits per heavy atom. The highest BCUT2D eigenvalue weighted by Crippen LogP contribution is 2.27. The van der Waals surface area contributed by atoms with E-state index in [9.17, 15) is 4.79 Å². The molecule has 0 spiro atoms. The smallest absolute Gasteiger partial charge is 0.263 e. The fourth-order valence-electron chi connectivity index (χ4n) is 3.01. The summed E-state index contributed by atoms with van der Waals surface area (Å²) in [5.74, 6) is 0.167. The predicted octanol–water partition coefficient (Wildman–Crippen LogP) is 1.74. The summed E-state index contributed by atoms with van der Waals surface area (Å²) < 4.78 is 7.41. The van der Waals surface area contributed by atoms with Gasteiger partial charge in [-0.3, -0.25) is 9.78 Å². The Hall–Kier alpha value is -2.91. The second-order valence-corrected chi connectivity index (χ2v) is 6.65. The minimum atomic E-state index is -0.447. The highest BCUT2D eigenvalue weighted by atomic mass is 35.5. The second-order valence-electron chi connectivity index (χ2n) is 6.21. The zero-order valence-corrected chi connectivity index (χ0v) is 15.1. The van der Waals surface area contributed by atoms with E-state index in [2.05, 4.69) is 25.7 Å². The lowest BCUT2D eigenvalue weighted by Crippen LogP contribution is -2.37. The molecule has 1 amide bonds. The summed E-state index contributed by atoms with van der Waals surface area (Å²) in [7, 11) is 0.